The number of ether oxygens (including phenoxy) is 2. The number of aliphatic carboxylic acids is 1. The van der Waals surface area contributed by atoms with Gasteiger partial charge < -0.3 is 30.9 Å². The van der Waals surface area contributed by atoms with Crippen LogP contribution in [0.3, 0.4) is 0 Å². The van der Waals surface area contributed by atoms with E-state index in [1.165, 1.54) is 13.2 Å². The molecule has 1 aliphatic carbocycles. The van der Waals surface area contributed by atoms with Gasteiger partial charge in [-0.15, -0.1) is 0 Å². The molecule has 0 saturated heterocycles. The number of nitrogens with one attached hydrogen (secondary N) is 2. The molecule has 1 aliphatic rings. The molecule has 1 saturated carbocycles. The van der Waals surface area contributed by atoms with Crippen LogP contribution < -0.4 is 21.1 Å². The number of hydrogen-bond donors (Lipinski definition) is 4. The zero-order valence-corrected chi connectivity index (χ0v) is 28.2. The summed E-state index contributed by atoms with van der Waals surface area (Å²) in [5.41, 5.74) is 6.80. The van der Waals surface area contributed by atoms with E-state index in [-0.39, 0.29) is 37.1 Å². The highest BCUT2D eigenvalue weighted by Crippen LogP contribution is 2.44. The molecular formula is C36H46ClN3O7. The number of halogens is 1. The maximum atomic E-state index is 13.5. The van der Waals surface area contributed by atoms with Crippen LogP contribution in [0.15, 0.2) is 66.8 Å². The first-order valence-corrected chi connectivity index (χ1v) is 16.2. The fourth-order valence-corrected chi connectivity index (χ4v) is 5.31. The van der Waals surface area contributed by atoms with Gasteiger partial charge in [-0.1, -0.05) is 87.0 Å². The average molecular weight is 668 g/mol. The van der Waals surface area contributed by atoms with E-state index in [9.17, 15) is 24.3 Å². The molecule has 4 atom stereocenters. The number of carbonyl (C=O) groups excluding carboxylic acids is 3. The van der Waals surface area contributed by atoms with Crippen LogP contribution in [0.25, 0.3) is 6.08 Å². The summed E-state index contributed by atoms with van der Waals surface area (Å²) in [6.45, 7) is 6.03. The average Bonchev–Trinajstić information content (AvgIpc) is 3.84. The van der Waals surface area contributed by atoms with E-state index in [4.69, 9.17) is 26.8 Å². The summed E-state index contributed by atoms with van der Waals surface area (Å²) >= 11 is 6.18. The lowest BCUT2D eigenvalue weighted by molar-refractivity contribution is -0.155. The highest BCUT2D eigenvalue weighted by atomic mass is 35.5. The van der Waals surface area contributed by atoms with Crippen LogP contribution in [0.4, 0.5) is 0 Å². The smallest absolute Gasteiger partial charge is 0.328 e. The Hall–Kier alpha value is -4.15. The van der Waals surface area contributed by atoms with Crippen LogP contribution in [0.2, 0.25) is 5.02 Å². The monoisotopic (exact) mass is 667 g/mol. The van der Waals surface area contributed by atoms with E-state index in [2.05, 4.69) is 10.6 Å². The van der Waals surface area contributed by atoms with Crippen LogP contribution in [0.1, 0.15) is 57.6 Å². The third-order valence-corrected chi connectivity index (χ3v) is 8.47. The summed E-state index contributed by atoms with van der Waals surface area (Å²) < 4.78 is 11.1. The summed E-state index contributed by atoms with van der Waals surface area (Å²) in [7, 11) is 1.48. The van der Waals surface area contributed by atoms with Crippen LogP contribution in [-0.2, 0) is 30.3 Å². The van der Waals surface area contributed by atoms with Gasteiger partial charge in [-0.05, 0) is 54.5 Å². The van der Waals surface area contributed by atoms with Gasteiger partial charge in [0.2, 0.25) is 11.8 Å². The van der Waals surface area contributed by atoms with Crippen molar-refractivity contribution in [1.82, 2.24) is 10.6 Å². The number of rotatable bonds is 18. The highest BCUT2D eigenvalue weighted by Gasteiger charge is 2.49. The third kappa shape index (κ3) is 11.6. The molecule has 0 bridgehead atoms. The van der Waals surface area contributed by atoms with Crippen LogP contribution in [0.5, 0.6) is 5.75 Å². The number of amides is 2. The van der Waals surface area contributed by atoms with Crippen molar-refractivity contribution in [1.29, 1.82) is 0 Å². The highest BCUT2D eigenvalue weighted by molar-refractivity contribution is 6.32. The van der Waals surface area contributed by atoms with E-state index < -0.39 is 41.4 Å². The minimum absolute atomic E-state index is 0.00851. The molecule has 254 valence electrons. The van der Waals surface area contributed by atoms with Gasteiger partial charge >= 0.3 is 11.9 Å². The Labute approximate surface area is 281 Å². The molecule has 2 amide bonds. The number of carbonyl (C=O) groups is 4. The van der Waals surface area contributed by atoms with Crippen molar-refractivity contribution in [3.8, 4) is 5.75 Å². The van der Waals surface area contributed by atoms with Crippen LogP contribution in [-0.4, -0.2) is 60.7 Å². The van der Waals surface area contributed by atoms with Gasteiger partial charge in [0.25, 0.3) is 0 Å². The molecule has 0 aromatic heterocycles. The largest absolute Gasteiger partial charge is 0.495 e. The predicted molar refractivity (Wildman–Crippen MR) is 182 cm³/mol. The van der Waals surface area contributed by atoms with Crippen molar-refractivity contribution in [2.24, 2.45) is 23.0 Å². The summed E-state index contributed by atoms with van der Waals surface area (Å²) in [6.07, 6.45) is 7.89. The van der Waals surface area contributed by atoms with Crippen molar-refractivity contribution in [2.45, 2.75) is 71.1 Å². The van der Waals surface area contributed by atoms with Crippen molar-refractivity contribution in [3.63, 3.8) is 0 Å². The molecule has 11 heteroatoms. The summed E-state index contributed by atoms with van der Waals surface area (Å²) in [5.74, 6) is -2.33. The third-order valence-electron chi connectivity index (χ3n) is 8.18. The Morgan fingerprint density at radius 2 is 1.74 bits per heavy atom. The van der Waals surface area contributed by atoms with E-state index >= 15 is 0 Å². The molecule has 0 unspecified atom stereocenters. The van der Waals surface area contributed by atoms with Gasteiger partial charge in [0.15, 0.2) is 0 Å². The molecule has 10 nitrogen and oxygen atoms in total. The number of nitrogens with two attached hydrogens (primary N) is 1. The maximum Gasteiger partial charge on any atom is 0.328 e. The number of esters is 1. The Bertz CT molecular complexity index is 1440. The summed E-state index contributed by atoms with van der Waals surface area (Å²) in [5, 5.41) is 15.5. The Morgan fingerprint density at radius 3 is 2.32 bits per heavy atom. The lowest BCUT2D eigenvalue weighted by Crippen LogP contribution is -2.48. The first-order valence-electron chi connectivity index (χ1n) is 15.8. The van der Waals surface area contributed by atoms with E-state index in [1.807, 2.05) is 63.3 Å². The standard InChI is InChI=1S/C36H46ClN3O7/c1-23(2)19-29(40-35(45)36(22-38)17-18-36)34(44)47-30(24(3)13-14-25-9-6-5-7-10-25)11-8-12-32(41)39-28(33(42)43)21-26-15-16-31(46-4)27(37)20-26/h5-10,12-16,20,23-24,28-30H,11,17-19,21-22,38H2,1-4H3,(H,39,41)(H,40,45)(H,42,43)/b12-8+,14-13+/t24-,28-,29+,30+/m1/s1. The van der Waals surface area contributed by atoms with E-state index in [0.717, 1.165) is 5.56 Å². The SMILES string of the molecule is COc1ccc(C[C@@H](NC(=O)/C=C/C[C@H](OC(=O)[C@H](CC(C)C)NC(=O)C2(CN)CC2)[C@H](C)/C=C/c2ccccc2)C(=O)O)cc1Cl. The molecule has 0 heterocycles. The lowest BCUT2D eigenvalue weighted by atomic mass is 9.98. The molecule has 2 aromatic carbocycles. The fraction of sp³-hybridized carbons (Fsp3) is 0.444. The molecule has 0 aliphatic heterocycles. The van der Waals surface area contributed by atoms with Crippen molar-refractivity contribution >= 4 is 41.4 Å². The van der Waals surface area contributed by atoms with Gasteiger partial charge in [0, 0.05) is 25.3 Å². The lowest BCUT2D eigenvalue weighted by Gasteiger charge is -2.26. The molecule has 3 rings (SSSR count). The van der Waals surface area contributed by atoms with Crippen molar-refractivity contribution in [2.75, 3.05) is 13.7 Å². The Morgan fingerprint density at radius 1 is 1.04 bits per heavy atom. The molecule has 5 N–H and O–H groups in total. The topological polar surface area (TPSA) is 157 Å². The summed E-state index contributed by atoms with van der Waals surface area (Å²) in [4.78, 5) is 51.2. The van der Waals surface area contributed by atoms with Crippen LogP contribution >= 0.6 is 11.6 Å². The predicted octanol–water partition coefficient (Wildman–Crippen LogP) is 4.94. The Balaban J connectivity index is 1.73. The summed E-state index contributed by atoms with van der Waals surface area (Å²) in [6, 6.07) is 12.5. The van der Waals surface area contributed by atoms with E-state index in [0.29, 0.717) is 35.6 Å². The molecule has 0 radical (unpaired) electrons. The molecular weight excluding hydrogens is 622 g/mol. The normalized spacial score (nSPS) is 16.3. The number of methoxy groups -OCH3 is 1. The molecule has 2 aromatic rings. The quantitative estimate of drug-likeness (QED) is 0.129. The zero-order chi connectivity index (χ0) is 34.6. The fourth-order valence-electron chi connectivity index (χ4n) is 5.03. The van der Waals surface area contributed by atoms with Gasteiger partial charge in [-0.3, -0.25) is 9.59 Å². The maximum absolute atomic E-state index is 13.5. The van der Waals surface area contributed by atoms with Gasteiger partial charge in [-0.25, -0.2) is 9.59 Å². The van der Waals surface area contributed by atoms with Crippen LogP contribution in [0, 0.1) is 17.3 Å². The first-order chi connectivity index (χ1) is 22.4. The van der Waals surface area contributed by atoms with Gasteiger partial charge in [-0.2, -0.15) is 0 Å². The second-order valence-electron chi connectivity index (χ2n) is 12.5. The zero-order valence-electron chi connectivity index (χ0n) is 27.4. The van der Waals surface area contributed by atoms with Crippen molar-refractivity contribution < 1.29 is 33.8 Å². The number of benzene rings is 2. The number of carboxylic acids is 1. The number of carboxylic acid groups (broad SMARTS) is 1. The second kappa shape index (κ2) is 17.7. The first kappa shape index (κ1) is 37.3. The van der Waals surface area contributed by atoms with Gasteiger partial charge in [0.1, 0.15) is 23.9 Å². The number of hydrogen-bond acceptors (Lipinski definition) is 7. The molecule has 47 heavy (non-hydrogen) atoms. The molecule has 0 spiro atoms. The molecule has 1 fully saturated rings. The Kier molecular flexibility index (Phi) is 14.0. The van der Waals surface area contributed by atoms with Gasteiger partial charge in [0.05, 0.1) is 17.5 Å². The minimum atomic E-state index is -1.21. The van der Waals surface area contributed by atoms with Crippen molar-refractivity contribution in [3.05, 3.63) is 82.9 Å². The minimum Gasteiger partial charge on any atom is -0.495 e. The second-order valence-corrected chi connectivity index (χ2v) is 12.9. The van der Waals surface area contributed by atoms with E-state index in [1.54, 1.807) is 24.3 Å².